The highest BCUT2D eigenvalue weighted by Gasteiger charge is 2.07. The quantitative estimate of drug-likeness (QED) is 0.507. The van der Waals surface area contributed by atoms with Gasteiger partial charge in [0.05, 0.1) is 5.52 Å². The number of carbonyl (C=O) groups excluding carboxylic acids is 1. The first-order chi connectivity index (χ1) is 11.2. The van der Waals surface area contributed by atoms with Crippen molar-refractivity contribution in [2.24, 2.45) is 0 Å². The third kappa shape index (κ3) is 5.31. The number of hydrogen-bond acceptors (Lipinski definition) is 2. The molecule has 1 amide bonds. The Balaban J connectivity index is 1.67. The SMILES string of the molecule is CCCCCCCCC(=O)NCCc1cn(O)c2ccccc12. The van der Waals surface area contributed by atoms with Crippen molar-refractivity contribution in [3.8, 4) is 0 Å². The summed E-state index contributed by atoms with van der Waals surface area (Å²) in [6, 6.07) is 7.75. The van der Waals surface area contributed by atoms with Crippen LogP contribution in [0.3, 0.4) is 0 Å². The summed E-state index contributed by atoms with van der Waals surface area (Å²) in [4.78, 5) is 11.8. The van der Waals surface area contributed by atoms with Gasteiger partial charge in [0.2, 0.25) is 5.91 Å². The summed E-state index contributed by atoms with van der Waals surface area (Å²) in [5, 5.41) is 13.9. The van der Waals surface area contributed by atoms with Crippen molar-refractivity contribution in [1.82, 2.24) is 10.0 Å². The van der Waals surface area contributed by atoms with Crippen molar-refractivity contribution in [1.29, 1.82) is 0 Å². The minimum atomic E-state index is 0.133. The number of carbonyl (C=O) groups is 1. The van der Waals surface area contributed by atoms with Gasteiger partial charge in [0.25, 0.3) is 0 Å². The summed E-state index contributed by atoms with van der Waals surface area (Å²) in [7, 11) is 0. The van der Waals surface area contributed by atoms with E-state index in [0.717, 1.165) is 40.5 Å². The lowest BCUT2D eigenvalue weighted by molar-refractivity contribution is -0.121. The molecule has 1 aromatic carbocycles. The van der Waals surface area contributed by atoms with E-state index in [2.05, 4.69) is 12.2 Å². The van der Waals surface area contributed by atoms with Gasteiger partial charge < -0.3 is 10.5 Å². The van der Waals surface area contributed by atoms with Crippen LogP contribution in [0.15, 0.2) is 30.5 Å². The maximum Gasteiger partial charge on any atom is 0.220 e. The van der Waals surface area contributed by atoms with E-state index in [1.807, 2.05) is 24.3 Å². The molecule has 4 heteroatoms. The number of unbranched alkanes of at least 4 members (excludes halogenated alkanes) is 5. The molecule has 126 valence electrons. The van der Waals surface area contributed by atoms with Gasteiger partial charge in [0.15, 0.2) is 0 Å². The van der Waals surface area contributed by atoms with Crippen LogP contribution in [-0.4, -0.2) is 22.4 Å². The molecule has 0 unspecified atom stereocenters. The van der Waals surface area contributed by atoms with Crippen LogP contribution in [0.2, 0.25) is 0 Å². The number of para-hydroxylation sites is 1. The molecule has 0 aliphatic heterocycles. The number of amides is 1. The number of aromatic nitrogens is 1. The van der Waals surface area contributed by atoms with E-state index in [9.17, 15) is 10.0 Å². The zero-order valence-corrected chi connectivity index (χ0v) is 14.1. The number of hydrogen-bond donors (Lipinski definition) is 2. The Hall–Kier alpha value is -1.97. The first kappa shape index (κ1) is 17.4. The van der Waals surface area contributed by atoms with E-state index >= 15 is 0 Å². The van der Waals surface area contributed by atoms with Crippen LogP contribution >= 0.6 is 0 Å². The smallest absolute Gasteiger partial charge is 0.220 e. The summed E-state index contributed by atoms with van der Waals surface area (Å²) < 4.78 is 1.16. The third-order valence-corrected chi connectivity index (χ3v) is 4.25. The van der Waals surface area contributed by atoms with Crippen LogP contribution in [-0.2, 0) is 11.2 Å². The molecule has 0 spiro atoms. The first-order valence-corrected chi connectivity index (χ1v) is 8.77. The molecule has 1 aromatic heterocycles. The van der Waals surface area contributed by atoms with Crippen molar-refractivity contribution in [2.75, 3.05) is 6.54 Å². The van der Waals surface area contributed by atoms with Crippen molar-refractivity contribution >= 4 is 16.8 Å². The zero-order valence-electron chi connectivity index (χ0n) is 14.1. The number of benzene rings is 1. The average molecular weight is 316 g/mol. The predicted molar refractivity (Wildman–Crippen MR) is 93.8 cm³/mol. The molecule has 1 heterocycles. The molecule has 0 fully saturated rings. The Morgan fingerprint density at radius 2 is 1.87 bits per heavy atom. The molecule has 2 rings (SSSR count). The second-order valence-corrected chi connectivity index (χ2v) is 6.13. The Labute approximate surface area is 138 Å². The Morgan fingerprint density at radius 1 is 1.13 bits per heavy atom. The van der Waals surface area contributed by atoms with Gasteiger partial charge in [-0.1, -0.05) is 57.2 Å². The molecule has 0 bridgehead atoms. The molecule has 0 radical (unpaired) electrons. The van der Waals surface area contributed by atoms with Gasteiger partial charge in [-0.3, -0.25) is 4.79 Å². The summed E-state index contributed by atoms with van der Waals surface area (Å²) in [5.41, 5.74) is 1.86. The molecule has 4 nitrogen and oxygen atoms in total. The van der Waals surface area contributed by atoms with Gasteiger partial charge in [-0.2, -0.15) is 4.73 Å². The minimum absolute atomic E-state index is 0.133. The number of nitrogens with one attached hydrogen (secondary N) is 1. The van der Waals surface area contributed by atoms with Crippen LogP contribution in [0.5, 0.6) is 0 Å². The molecule has 23 heavy (non-hydrogen) atoms. The van der Waals surface area contributed by atoms with E-state index in [1.54, 1.807) is 6.20 Å². The fourth-order valence-electron chi connectivity index (χ4n) is 2.92. The van der Waals surface area contributed by atoms with Crippen LogP contribution in [0.1, 0.15) is 57.4 Å². The van der Waals surface area contributed by atoms with E-state index < -0.39 is 0 Å². The highest BCUT2D eigenvalue weighted by molar-refractivity contribution is 5.83. The van der Waals surface area contributed by atoms with Gasteiger partial charge in [-0.15, -0.1) is 0 Å². The molecule has 0 saturated heterocycles. The monoisotopic (exact) mass is 316 g/mol. The van der Waals surface area contributed by atoms with E-state index in [0.29, 0.717) is 13.0 Å². The summed E-state index contributed by atoms with van der Waals surface area (Å²) in [6.07, 6.45) is 10.3. The van der Waals surface area contributed by atoms with Crippen LogP contribution < -0.4 is 5.32 Å². The second-order valence-electron chi connectivity index (χ2n) is 6.13. The molecule has 2 aromatic rings. The molecule has 0 saturated carbocycles. The number of rotatable bonds is 10. The maximum absolute atomic E-state index is 11.8. The molecule has 0 aliphatic rings. The van der Waals surface area contributed by atoms with Gasteiger partial charge >= 0.3 is 0 Å². The summed E-state index contributed by atoms with van der Waals surface area (Å²) in [5.74, 6) is 0.133. The van der Waals surface area contributed by atoms with E-state index in [1.165, 1.54) is 25.7 Å². The minimum Gasteiger partial charge on any atom is -0.428 e. The predicted octanol–water partition coefficient (Wildman–Crippen LogP) is 4.29. The van der Waals surface area contributed by atoms with Crippen molar-refractivity contribution < 1.29 is 10.0 Å². The van der Waals surface area contributed by atoms with E-state index in [4.69, 9.17) is 0 Å². The average Bonchev–Trinajstić information content (AvgIpc) is 2.88. The Kier molecular flexibility index (Phi) is 6.98. The third-order valence-electron chi connectivity index (χ3n) is 4.25. The number of fused-ring (bicyclic) bond motifs is 1. The fraction of sp³-hybridized carbons (Fsp3) is 0.526. The molecule has 2 N–H and O–H groups in total. The van der Waals surface area contributed by atoms with Crippen molar-refractivity contribution in [2.45, 2.75) is 58.3 Å². The van der Waals surface area contributed by atoms with Crippen molar-refractivity contribution in [3.05, 3.63) is 36.0 Å². The normalized spacial score (nSPS) is 11.0. The Bertz CT molecular complexity index is 619. The molecule has 0 aliphatic carbocycles. The topological polar surface area (TPSA) is 54.3 Å². The highest BCUT2D eigenvalue weighted by Crippen LogP contribution is 2.20. The van der Waals surface area contributed by atoms with Crippen LogP contribution in [0, 0.1) is 0 Å². The highest BCUT2D eigenvalue weighted by atomic mass is 16.5. The largest absolute Gasteiger partial charge is 0.428 e. The summed E-state index contributed by atoms with van der Waals surface area (Å²) >= 11 is 0. The zero-order chi connectivity index (χ0) is 16.5. The standard InChI is InChI=1S/C19H28N2O2/c1-2-3-4-5-6-7-12-19(22)20-14-13-16-15-21(23)18-11-9-8-10-17(16)18/h8-11,15,23H,2-7,12-14H2,1H3,(H,20,22). The van der Waals surface area contributed by atoms with Crippen LogP contribution in [0.4, 0.5) is 0 Å². The maximum atomic E-state index is 11.8. The first-order valence-electron chi connectivity index (χ1n) is 8.77. The van der Waals surface area contributed by atoms with Crippen molar-refractivity contribution in [3.63, 3.8) is 0 Å². The van der Waals surface area contributed by atoms with E-state index in [-0.39, 0.29) is 5.91 Å². The molecule has 0 atom stereocenters. The second kappa shape index (κ2) is 9.23. The van der Waals surface area contributed by atoms with Crippen LogP contribution in [0.25, 0.3) is 10.9 Å². The fourth-order valence-corrected chi connectivity index (χ4v) is 2.92. The van der Waals surface area contributed by atoms with Gasteiger partial charge in [-0.25, -0.2) is 0 Å². The molecular formula is C19H28N2O2. The van der Waals surface area contributed by atoms with Gasteiger partial charge in [0, 0.05) is 24.5 Å². The number of nitrogens with zero attached hydrogens (tertiary/aromatic N) is 1. The Morgan fingerprint density at radius 3 is 2.70 bits per heavy atom. The lowest BCUT2D eigenvalue weighted by atomic mass is 10.1. The van der Waals surface area contributed by atoms with Gasteiger partial charge in [0.1, 0.15) is 0 Å². The lowest BCUT2D eigenvalue weighted by Crippen LogP contribution is -2.25. The lowest BCUT2D eigenvalue weighted by Gasteiger charge is -2.05. The molecular weight excluding hydrogens is 288 g/mol. The van der Waals surface area contributed by atoms with Gasteiger partial charge in [-0.05, 0) is 24.5 Å². The summed E-state index contributed by atoms with van der Waals surface area (Å²) in [6.45, 7) is 2.82.